The molecule has 0 aliphatic carbocycles. The van der Waals surface area contributed by atoms with Crippen LogP contribution >= 0.6 is 0 Å². The lowest BCUT2D eigenvalue weighted by Gasteiger charge is -2.02. The summed E-state index contributed by atoms with van der Waals surface area (Å²) in [5.74, 6) is -0.855. The zero-order valence-corrected chi connectivity index (χ0v) is 13.3. The number of sulfone groups is 1. The number of Topliss-reactive ketones (excluding diaryl/α,β-unsaturated/α-hetero) is 1. The Balaban J connectivity index is 2.08. The average molecular weight is 336 g/mol. The molecule has 0 radical (unpaired) electrons. The van der Waals surface area contributed by atoms with Crippen LogP contribution in [-0.2, 0) is 9.84 Å². The van der Waals surface area contributed by atoms with Crippen molar-refractivity contribution in [3.8, 4) is 0 Å². The molecule has 6 heteroatoms. The van der Waals surface area contributed by atoms with Crippen molar-refractivity contribution < 1.29 is 18.0 Å². The molecule has 0 amide bonds. The first kappa shape index (κ1) is 15.8. The minimum absolute atomic E-state index is 0.105. The van der Waals surface area contributed by atoms with E-state index in [9.17, 15) is 13.2 Å². The summed E-state index contributed by atoms with van der Waals surface area (Å²) in [6, 6.07) is 19.6. The Kier molecular flexibility index (Phi) is 4.08. The van der Waals surface area contributed by atoms with E-state index in [4.69, 9.17) is 5.53 Å². The highest BCUT2D eigenvalue weighted by atomic mass is 32.2. The van der Waals surface area contributed by atoms with E-state index in [1.807, 2.05) is 24.3 Å². The Morgan fingerprint density at radius 1 is 0.833 bits per heavy atom. The number of carbonyl (C=O) groups is 1. The van der Waals surface area contributed by atoms with Crippen molar-refractivity contribution in [3.05, 3.63) is 83.9 Å². The molecule has 0 saturated carbocycles. The van der Waals surface area contributed by atoms with Crippen LogP contribution < -0.4 is 0 Å². The molecule has 3 rings (SSSR count). The minimum atomic E-state index is -4.20. The van der Waals surface area contributed by atoms with Gasteiger partial charge in [-0.05, 0) is 29.0 Å². The number of rotatable bonds is 3. The van der Waals surface area contributed by atoms with Crippen LogP contribution in [-0.4, -0.2) is 24.0 Å². The molecule has 118 valence electrons. The second kappa shape index (κ2) is 6.20. The third-order valence-corrected chi connectivity index (χ3v) is 5.27. The van der Waals surface area contributed by atoms with Gasteiger partial charge in [0.1, 0.15) is 0 Å². The lowest BCUT2D eigenvalue weighted by molar-refractivity contribution is -0.00158. The van der Waals surface area contributed by atoms with Gasteiger partial charge in [0, 0.05) is 5.56 Å². The fraction of sp³-hybridized carbons (Fsp3) is 0. The predicted molar refractivity (Wildman–Crippen MR) is 90.5 cm³/mol. The van der Waals surface area contributed by atoms with Crippen molar-refractivity contribution in [2.24, 2.45) is 0 Å². The fourth-order valence-corrected chi connectivity index (χ4v) is 3.59. The average Bonchev–Trinajstić information content (AvgIpc) is 2.62. The predicted octanol–water partition coefficient (Wildman–Crippen LogP) is 3.12. The van der Waals surface area contributed by atoms with Crippen LogP contribution in [0.2, 0.25) is 0 Å². The van der Waals surface area contributed by atoms with Gasteiger partial charge in [-0.25, -0.2) is 8.42 Å². The van der Waals surface area contributed by atoms with Gasteiger partial charge in [-0.3, -0.25) is 4.79 Å². The number of benzene rings is 3. The van der Waals surface area contributed by atoms with Crippen LogP contribution in [0.5, 0.6) is 0 Å². The zero-order chi connectivity index (χ0) is 17.2. The van der Waals surface area contributed by atoms with E-state index in [2.05, 4.69) is 4.79 Å². The third-order valence-electron chi connectivity index (χ3n) is 3.60. The molecule has 3 aromatic carbocycles. The van der Waals surface area contributed by atoms with Crippen molar-refractivity contribution in [1.29, 1.82) is 0 Å². The molecular weight excluding hydrogens is 324 g/mol. The second-order valence-corrected chi connectivity index (χ2v) is 6.98. The monoisotopic (exact) mass is 336 g/mol. The van der Waals surface area contributed by atoms with Gasteiger partial charge in [0.05, 0.1) is 4.90 Å². The van der Waals surface area contributed by atoms with Crippen molar-refractivity contribution in [1.82, 2.24) is 0 Å². The number of fused-ring (bicyclic) bond motifs is 1. The normalized spacial score (nSPS) is 11.0. The molecule has 24 heavy (non-hydrogen) atoms. The van der Waals surface area contributed by atoms with E-state index >= 15 is 0 Å². The molecule has 3 aromatic rings. The van der Waals surface area contributed by atoms with Crippen LogP contribution in [0.25, 0.3) is 16.3 Å². The number of hydrogen-bond acceptors (Lipinski definition) is 3. The molecule has 0 fully saturated rings. The largest absolute Gasteiger partial charge is 0.456 e. The van der Waals surface area contributed by atoms with E-state index in [0.717, 1.165) is 10.8 Å². The molecular formula is C18H12N2O3S. The Hall–Kier alpha value is -3.08. The highest BCUT2D eigenvalue weighted by Gasteiger charge is 2.38. The van der Waals surface area contributed by atoms with Crippen LogP contribution in [0.3, 0.4) is 0 Å². The molecule has 0 bridgehead atoms. The molecule has 0 aliphatic rings. The number of hydrogen-bond donors (Lipinski definition) is 0. The quantitative estimate of drug-likeness (QED) is 0.242. The van der Waals surface area contributed by atoms with Crippen LogP contribution in [0.4, 0.5) is 0 Å². The van der Waals surface area contributed by atoms with Gasteiger partial charge in [-0.2, -0.15) is 0 Å². The number of ketones is 1. The van der Waals surface area contributed by atoms with Crippen LogP contribution in [0, 0.1) is 0 Å². The molecule has 5 nitrogen and oxygen atoms in total. The highest BCUT2D eigenvalue weighted by Crippen LogP contribution is 2.19. The zero-order valence-electron chi connectivity index (χ0n) is 12.5. The fourth-order valence-electron chi connectivity index (χ4n) is 2.39. The SMILES string of the molecule is [N-]=[N+]=C(C(=O)c1ccc2ccccc2c1)S(=O)(=O)c1ccccc1. The smallest absolute Gasteiger partial charge is 0.360 e. The summed E-state index contributed by atoms with van der Waals surface area (Å²) >= 11 is 0. The van der Waals surface area contributed by atoms with Crippen molar-refractivity contribution in [3.63, 3.8) is 0 Å². The topological polar surface area (TPSA) is 87.6 Å². The first-order valence-corrected chi connectivity index (χ1v) is 8.58. The molecule has 0 N–H and O–H groups in total. The molecule has 0 atom stereocenters. The molecule has 0 spiro atoms. The summed E-state index contributed by atoms with van der Waals surface area (Å²) in [4.78, 5) is 15.2. The first-order chi connectivity index (χ1) is 11.5. The summed E-state index contributed by atoms with van der Waals surface area (Å²) in [5, 5.41) is 0.809. The van der Waals surface area contributed by atoms with Crippen LogP contribution in [0.15, 0.2) is 77.7 Å². The molecule has 0 unspecified atom stereocenters. The second-order valence-electron chi connectivity index (χ2n) is 5.11. The van der Waals surface area contributed by atoms with E-state index in [0.29, 0.717) is 0 Å². The van der Waals surface area contributed by atoms with Gasteiger partial charge >= 0.3 is 5.04 Å². The maximum absolute atomic E-state index is 12.6. The number of carbonyl (C=O) groups excluding carboxylic acids is 1. The van der Waals surface area contributed by atoms with Crippen molar-refractivity contribution in [2.75, 3.05) is 0 Å². The third kappa shape index (κ3) is 2.76. The maximum atomic E-state index is 12.6. The molecule has 0 aliphatic heterocycles. The van der Waals surface area contributed by atoms with E-state index in [-0.39, 0.29) is 10.5 Å². The minimum Gasteiger partial charge on any atom is -0.360 e. The first-order valence-electron chi connectivity index (χ1n) is 7.10. The molecule has 0 aromatic heterocycles. The maximum Gasteiger partial charge on any atom is 0.456 e. The molecule has 0 heterocycles. The Bertz CT molecular complexity index is 1080. The summed E-state index contributed by atoms with van der Waals surface area (Å²) in [6.45, 7) is 0. The Morgan fingerprint density at radius 3 is 2.12 bits per heavy atom. The van der Waals surface area contributed by atoms with Crippen LogP contribution in [0.1, 0.15) is 10.4 Å². The number of nitrogens with zero attached hydrogens (tertiary/aromatic N) is 2. The van der Waals surface area contributed by atoms with E-state index in [1.165, 1.54) is 30.3 Å². The van der Waals surface area contributed by atoms with Gasteiger partial charge in [-0.1, -0.05) is 54.6 Å². The van der Waals surface area contributed by atoms with Crippen molar-refractivity contribution in [2.45, 2.75) is 4.90 Å². The lowest BCUT2D eigenvalue weighted by Crippen LogP contribution is -2.26. The van der Waals surface area contributed by atoms with Gasteiger partial charge in [0.25, 0.3) is 15.6 Å². The van der Waals surface area contributed by atoms with E-state index < -0.39 is 20.7 Å². The Morgan fingerprint density at radius 2 is 1.46 bits per heavy atom. The summed E-state index contributed by atoms with van der Waals surface area (Å²) < 4.78 is 25.1. The highest BCUT2D eigenvalue weighted by molar-refractivity contribution is 8.08. The van der Waals surface area contributed by atoms with Crippen molar-refractivity contribution >= 4 is 31.4 Å². The van der Waals surface area contributed by atoms with Gasteiger partial charge in [0.15, 0.2) is 0 Å². The van der Waals surface area contributed by atoms with Gasteiger partial charge < -0.3 is 5.53 Å². The lowest BCUT2D eigenvalue weighted by atomic mass is 10.0. The van der Waals surface area contributed by atoms with Gasteiger partial charge in [-0.15, -0.1) is 4.79 Å². The van der Waals surface area contributed by atoms with E-state index in [1.54, 1.807) is 18.2 Å². The molecule has 0 saturated heterocycles. The summed E-state index contributed by atoms with van der Waals surface area (Å²) in [7, 11) is -4.20. The van der Waals surface area contributed by atoms with Gasteiger partial charge in [0.2, 0.25) is 0 Å². The standard InChI is InChI=1S/C18H12N2O3S/c19-20-18(24(22,23)16-8-2-1-3-9-16)17(21)15-11-10-13-6-4-5-7-14(13)12-15/h1-12H. The summed E-state index contributed by atoms with van der Waals surface area (Å²) in [5.41, 5.74) is 9.30. The summed E-state index contributed by atoms with van der Waals surface area (Å²) in [6.07, 6.45) is 0. The Labute approximate surface area is 138 Å².